The molecule has 0 saturated carbocycles. The molecule has 0 bridgehead atoms. The van der Waals surface area contributed by atoms with Crippen molar-refractivity contribution in [3.8, 4) is 0 Å². The van der Waals surface area contributed by atoms with Crippen LogP contribution in [0.15, 0.2) is 0 Å². The maximum Gasteiger partial charge on any atom is 0.310 e. The van der Waals surface area contributed by atoms with Crippen molar-refractivity contribution in [1.29, 1.82) is 0 Å². The van der Waals surface area contributed by atoms with Crippen LogP contribution in [0.2, 0.25) is 0 Å². The number of esters is 1. The Morgan fingerprint density at radius 1 is 1.25 bits per heavy atom. The molecule has 0 saturated heterocycles. The van der Waals surface area contributed by atoms with Crippen molar-refractivity contribution in [3.05, 3.63) is 17.0 Å². The normalized spacial score (nSPS) is 10.1. The second-order valence-electron chi connectivity index (χ2n) is 3.82. The van der Waals surface area contributed by atoms with E-state index in [1.165, 1.54) is 7.11 Å². The number of carbonyl (C=O) groups is 1. The Kier molecular flexibility index (Phi) is 3.82. The molecule has 0 aliphatic rings. The molecule has 1 heterocycles. The second-order valence-corrected chi connectivity index (χ2v) is 3.82. The van der Waals surface area contributed by atoms with Gasteiger partial charge in [-0.3, -0.25) is 4.79 Å². The minimum absolute atomic E-state index is 0.224. The number of nitrogens with zero attached hydrogens (tertiary/aromatic N) is 3. The summed E-state index contributed by atoms with van der Waals surface area (Å²) in [5.41, 5.74) is 2.49. The first-order valence-corrected chi connectivity index (χ1v) is 5.04. The molecule has 1 rings (SSSR count). The van der Waals surface area contributed by atoms with Gasteiger partial charge in [-0.2, -0.15) is 0 Å². The first kappa shape index (κ1) is 12.4. The number of hydrogen-bond donors (Lipinski definition) is 0. The number of methoxy groups -OCH3 is 1. The maximum atomic E-state index is 11.2. The van der Waals surface area contributed by atoms with Gasteiger partial charge in [-0.1, -0.05) is 0 Å². The molecule has 0 aliphatic heterocycles. The van der Waals surface area contributed by atoms with Crippen molar-refractivity contribution < 1.29 is 9.53 Å². The van der Waals surface area contributed by atoms with E-state index in [9.17, 15) is 4.79 Å². The molecule has 5 heteroatoms. The Labute approximate surface area is 95.5 Å². The second kappa shape index (κ2) is 4.92. The number of anilines is 1. The molecule has 0 spiro atoms. The predicted octanol–water partition coefficient (Wildman–Crippen LogP) is 0.875. The molecular weight excluding hydrogens is 206 g/mol. The summed E-state index contributed by atoms with van der Waals surface area (Å²) in [4.78, 5) is 21.7. The molecule has 0 fully saturated rings. The number of hydrogen-bond acceptors (Lipinski definition) is 5. The molecule has 0 amide bonds. The topological polar surface area (TPSA) is 55.3 Å². The molecular formula is C11H17N3O2. The fourth-order valence-corrected chi connectivity index (χ4v) is 1.39. The van der Waals surface area contributed by atoms with Gasteiger partial charge in [-0.05, 0) is 13.8 Å². The molecule has 1 aromatic rings. The first-order chi connectivity index (χ1) is 7.45. The van der Waals surface area contributed by atoms with Crippen LogP contribution in [0, 0.1) is 13.8 Å². The van der Waals surface area contributed by atoms with Gasteiger partial charge in [0.15, 0.2) is 0 Å². The van der Waals surface area contributed by atoms with Gasteiger partial charge in [0.1, 0.15) is 0 Å². The first-order valence-electron chi connectivity index (χ1n) is 5.04. The number of rotatable bonds is 3. The Bertz CT molecular complexity index is 379. The van der Waals surface area contributed by atoms with Crippen LogP contribution in [-0.4, -0.2) is 37.1 Å². The van der Waals surface area contributed by atoms with Gasteiger partial charge in [0.2, 0.25) is 5.95 Å². The average Bonchev–Trinajstić information content (AvgIpc) is 2.22. The number of aryl methyl sites for hydroxylation is 2. The summed E-state index contributed by atoms with van der Waals surface area (Å²) in [5, 5.41) is 0. The van der Waals surface area contributed by atoms with E-state index in [2.05, 4.69) is 14.7 Å². The third-order valence-corrected chi connectivity index (χ3v) is 2.36. The molecule has 88 valence electrons. The zero-order chi connectivity index (χ0) is 12.3. The van der Waals surface area contributed by atoms with Crippen LogP contribution >= 0.6 is 0 Å². The van der Waals surface area contributed by atoms with Crippen molar-refractivity contribution in [1.82, 2.24) is 9.97 Å². The van der Waals surface area contributed by atoms with Gasteiger partial charge in [-0.25, -0.2) is 9.97 Å². The monoisotopic (exact) mass is 223 g/mol. The largest absolute Gasteiger partial charge is 0.469 e. The summed E-state index contributed by atoms with van der Waals surface area (Å²) in [5.74, 6) is 0.385. The average molecular weight is 223 g/mol. The Balaban J connectivity index is 3.07. The molecule has 0 N–H and O–H groups in total. The van der Waals surface area contributed by atoms with Crippen LogP contribution in [0.3, 0.4) is 0 Å². The quantitative estimate of drug-likeness (QED) is 0.712. The summed E-state index contributed by atoms with van der Waals surface area (Å²) in [6.07, 6.45) is 0.224. The summed E-state index contributed by atoms with van der Waals surface area (Å²) < 4.78 is 4.64. The highest BCUT2D eigenvalue weighted by atomic mass is 16.5. The van der Waals surface area contributed by atoms with Gasteiger partial charge in [0.25, 0.3) is 0 Å². The number of carbonyl (C=O) groups excluding carboxylic acids is 1. The predicted molar refractivity (Wildman–Crippen MR) is 61.6 cm³/mol. The lowest BCUT2D eigenvalue weighted by molar-refractivity contribution is -0.139. The van der Waals surface area contributed by atoms with Crippen molar-refractivity contribution >= 4 is 11.9 Å². The molecule has 0 atom stereocenters. The lowest BCUT2D eigenvalue weighted by atomic mass is 10.1. The summed E-state index contributed by atoms with van der Waals surface area (Å²) in [6, 6.07) is 0. The van der Waals surface area contributed by atoms with Crippen molar-refractivity contribution in [2.45, 2.75) is 20.3 Å². The van der Waals surface area contributed by atoms with E-state index in [0.717, 1.165) is 17.0 Å². The molecule has 0 aliphatic carbocycles. The van der Waals surface area contributed by atoms with Gasteiger partial charge in [0.05, 0.1) is 13.5 Å². The van der Waals surface area contributed by atoms with Crippen LogP contribution in [0.4, 0.5) is 5.95 Å². The molecule has 1 aromatic heterocycles. The Morgan fingerprint density at radius 2 is 1.75 bits per heavy atom. The standard InChI is InChI=1S/C11H17N3O2/c1-7-9(6-10(15)16-5)8(2)13-11(12-7)14(3)4/h6H2,1-5H3. The summed E-state index contributed by atoms with van der Waals surface area (Å²) in [6.45, 7) is 3.75. The van der Waals surface area contributed by atoms with Crippen molar-refractivity contribution in [2.75, 3.05) is 26.1 Å². The van der Waals surface area contributed by atoms with E-state index in [4.69, 9.17) is 0 Å². The van der Waals surface area contributed by atoms with Gasteiger partial charge >= 0.3 is 5.97 Å². The number of aromatic nitrogens is 2. The van der Waals surface area contributed by atoms with Gasteiger partial charge in [0, 0.05) is 31.0 Å². The van der Waals surface area contributed by atoms with Crippen LogP contribution < -0.4 is 4.90 Å². The van der Waals surface area contributed by atoms with Gasteiger partial charge in [-0.15, -0.1) is 0 Å². The SMILES string of the molecule is COC(=O)Cc1c(C)nc(N(C)C)nc1C. The van der Waals surface area contributed by atoms with E-state index >= 15 is 0 Å². The van der Waals surface area contributed by atoms with E-state index < -0.39 is 0 Å². The Morgan fingerprint density at radius 3 is 2.12 bits per heavy atom. The third-order valence-electron chi connectivity index (χ3n) is 2.36. The van der Waals surface area contributed by atoms with Crippen LogP contribution in [0.5, 0.6) is 0 Å². The fourth-order valence-electron chi connectivity index (χ4n) is 1.39. The molecule has 16 heavy (non-hydrogen) atoms. The molecule has 5 nitrogen and oxygen atoms in total. The van der Waals surface area contributed by atoms with Crippen LogP contribution in [0.25, 0.3) is 0 Å². The minimum atomic E-state index is -0.271. The zero-order valence-corrected chi connectivity index (χ0v) is 10.4. The summed E-state index contributed by atoms with van der Waals surface area (Å²) in [7, 11) is 5.14. The van der Waals surface area contributed by atoms with Gasteiger partial charge < -0.3 is 9.64 Å². The van der Waals surface area contributed by atoms with Crippen molar-refractivity contribution in [2.24, 2.45) is 0 Å². The van der Waals surface area contributed by atoms with Crippen molar-refractivity contribution in [3.63, 3.8) is 0 Å². The van der Waals surface area contributed by atoms with E-state index in [1.54, 1.807) is 0 Å². The minimum Gasteiger partial charge on any atom is -0.469 e. The summed E-state index contributed by atoms with van der Waals surface area (Å²) >= 11 is 0. The van der Waals surface area contributed by atoms with Crippen LogP contribution in [0.1, 0.15) is 17.0 Å². The number of ether oxygens (including phenoxy) is 1. The van der Waals surface area contributed by atoms with Crippen LogP contribution in [-0.2, 0) is 16.0 Å². The maximum absolute atomic E-state index is 11.2. The van der Waals surface area contributed by atoms with E-state index in [1.807, 2.05) is 32.8 Å². The van der Waals surface area contributed by atoms with E-state index in [-0.39, 0.29) is 12.4 Å². The molecule has 0 radical (unpaired) electrons. The lowest BCUT2D eigenvalue weighted by Gasteiger charge is -2.14. The highest BCUT2D eigenvalue weighted by Gasteiger charge is 2.13. The Hall–Kier alpha value is -1.65. The molecule has 0 aromatic carbocycles. The zero-order valence-electron chi connectivity index (χ0n) is 10.4. The highest BCUT2D eigenvalue weighted by molar-refractivity contribution is 5.73. The smallest absolute Gasteiger partial charge is 0.310 e. The third kappa shape index (κ3) is 2.68. The lowest BCUT2D eigenvalue weighted by Crippen LogP contribution is -2.16. The molecule has 0 unspecified atom stereocenters. The van der Waals surface area contributed by atoms with E-state index in [0.29, 0.717) is 5.95 Å². The fraction of sp³-hybridized carbons (Fsp3) is 0.545. The highest BCUT2D eigenvalue weighted by Crippen LogP contribution is 2.15.